The number of hydrogen-bond acceptors (Lipinski definition) is 0. The van der Waals surface area contributed by atoms with Gasteiger partial charge in [-0.1, -0.05) is 23.7 Å². The summed E-state index contributed by atoms with van der Waals surface area (Å²) < 4.78 is 0. The molecule has 0 aliphatic rings. The fraction of sp³-hybridized carbons (Fsp3) is 0. The van der Waals surface area contributed by atoms with Gasteiger partial charge in [0.25, 0.3) is 6.15 Å². The summed E-state index contributed by atoms with van der Waals surface area (Å²) in [5.74, 6) is 49.0. The quantitative estimate of drug-likeness (QED) is 0.441. The van der Waals surface area contributed by atoms with E-state index >= 15 is 0 Å². The molecule has 0 fully saturated rings. The first kappa shape index (κ1) is 19.8. The maximum absolute atomic E-state index is 5.04. The van der Waals surface area contributed by atoms with E-state index in [0.29, 0.717) is 0 Å². The Bertz CT molecular complexity index is 1010. The van der Waals surface area contributed by atoms with Crippen molar-refractivity contribution in [3.63, 3.8) is 0 Å². The third-order valence-corrected chi connectivity index (χ3v) is 1.94. The molecule has 0 atom stereocenters. The van der Waals surface area contributed by atoms with Gasteiger partial charge in [0.05, 0.1) is 0 Å². The SMILES string of the molecule is C#CC#CC#C[B-](C#CC#CC#C)(C#CC#CC#C)C#CC#CC#C. The highest BCUT2D eigenvalue weighted by Gasteiger charge is 2.12. The molecule has 0 rings (SSSR count). The van der Waals surface area contributed by atoms with Crippen LogP contribution >= 0.6 is 0 Å². The van der Waals surface area contributed by atoms with Crippen molar-refractivity contribution in [2.24, 2.45) is 0 Å². The fourth-order valence-corrected chi connectivity index (χ4v) is 1.06. The van der Waals surface area contributed by atoms with Gasteiger partial charge in [0.15, 0.2) is 0 Å². The molecule has 0 aromatic carbocycles. The maximum Gasteiger partial charge on any atom is 0.274 e. The van der Waals surface area contributed by atoms with E-state index in [2.05, 4.69) is 118 Å². The van der Waals surface area contributed by atoms with Crippen molar-refractivity contribution in [3.05, 3.63) is 0 Å². The molecule has 0 aliphatic carbocycles. The molecule has 1 heteroatoms. The molecule has 0 saturated heterocycles. The van der Waals surface area contributed by atoms with Crippen molar-refractivity contribution in [2.45, 2.75) is 0 Å². The van der Waals surface area contributed by atoms with Crippen LogP contribution in [0, 0.1) is 144 Å². The van der Waals surface area contributed by atoms with Gasteiger partial charge in [-0.05, 0) is 71.0 Å². The Hall–Kier alpha value is -5.22. The first-order valence-electron chi connectivity index (χ1n) is 6.31. The van der Waals surface area contributed by atoms with E-state index in [1.54, 1.807) is 0 Å². The smallest absolute Gasteiger partial charge is 0.256 e. The van der Waals surface area contributed by atoms with Crippen LogP contribution in [0.25, 0.3) is 0 Å². The van der Waals surface area contributed by atoms with Gasteiger partial charge < -0.3 is 0 Å². The molecule has 0 amide bonds. The predicted octanol–water partition coefficient (Wildman–Crippen LogP) is 0.152. The summed E-state index contributed by atoms with van der Waals surface area (Å²) in [7, 11) is 0. The Morgan fingerprint density at radius 1 is 0.320 bits per heavy atom. The second-order valence-corrected chi connectivity index (χ2v) is 3.52. The Morgan fingerprint density at radius 3 is 0.760 bits per heavy atom. The lowest BCUT2D eigenvalue weighted by Crippen LogP contribution is -2.28. The molecular formula is C24H4B-. The first-order valence-corrected chi connectivity index (χ1v) is 6.31. The average Bonchev–Trinajstić information content (AvgIpc) is 2.63. The highest BCUT2D eigenvalue weighted by atomic mass is 13.7. The van der Waals surface area contributed by atoms with Gasteiger partial charge in [0.2, 0.25) is 0 Å². The third kappa shape index (κ3) is 10.2. The van der Waals surface area contributed by atoms with Gasteiger partial charge in [0, 0.05) is 0 Å². The minimum Gasteiger partial charge on any atom is -0.256 e. The lowest BCUT2D eigenvalue weighted by Gasteiger charge is -2.13. The average molecular weight is 303 g/mol. The van der Waals surface area contributed by atoms with Crippen molar-refractivity contribution in [1.82, 2.24) is 0 Å². The third-order valence-electron chi connectivity index (χ3n) is 1.94. The van der Waals surface area contributed by atoms with Gasteiger partial charge >= 0.3 is 0 Å². The van der Waals surface area contributed by atoms with Crippen LogP contribution in [0.2, 0.25) is 0 Å². The second kappa shape index (κ2) is 13.8. The molecule has 0 aromatic heterocycles. The Balaban J connectivity index is 6.44. The highest BCUT2D eigenvalue weighted by Crippen LogP contribution is 1.96. The molecule has 0 radical (unpaired) electrons. The fourth-order valence-electron chi connectivity index (χ4n) is 1.06. The van der Waals surface area contributed by atoms with Crippen LogP contribution < -0.4 is 0 Å². The first-order chi connectivity index (χ1) is 12.2. The molecule has 0 bridgehead atoms. The van der Waals surface area contributed by atoms with Crippen LogP contribution in [0.15, 0.2) is 0 Å². The lowest BCUT2D eigenvalue weighted by atomic mass is 9.27. The van der Waals surface area contributed by atoms with Crippen molar-refractivity contribution < 1.29 is 0 Å². The predicted molar refractivity (Wildman–Crippen MR) is 103 cm³/mol. The van der Waals surface area contributed by atoms with Crippen LogP contribution in [-0.2, 0) is 0 Å². The highest BCUT2D eigenvalue weighted by molar-refractivity contribution is 7.06. The maximum atomic E-state index is 5.04. The topological polar surface area (TPSA) is 0 Å². The zero-order chi connectivity index (χ0) is 18.6. The molecular weight excluding hydrogens is 299 g/mol. The zero-order valence-electron chi connectivity index (χ0n) is 12.9. The minimum absolute atomic E-state index is 2.14. The monoisotopic (exact) mass is 303 g/mol. The van der Waals surface area contributed by atoms with E-state index in [1.165, 1.54) is 0 Å². The largest absolute Gasteiger partial charge is 0.274 e. The standard InChI is InChI=1S/C24H4B/c1-5-9-13-17-21-25(22-18-14-10-6-2,23-19-15-11-7-3)24-20-16-12-8-4/h1-4H/q-1. The lowest BCUT2D eigenvalue weighted by molar-refractivity contribution is 2.30. The van der Waals surface area contributed by atoms with Crippen molar-refractivity contribution in [2.75, 3.05) is 0 Å². The van der Waals surface area contributed by atoms with Crippen LogP contribution in [0.5, 0.6) is 0 Å². The number of hydrogen-bond donors (Lipinski definition) is 0. The number of rotatable bonds is 0. The van der Waals surface area contributed by atoms with Crippen molar-refractivity contribution in [3.8, 4) is 144 Å². The molecule has 0 aliphatic heterocycles. The van der Waals surface area contributed by atoms with E-state index in [9.17, 15) is 0 Å². The van der Waals surface area contributed by atoms with Crippen LogP contribution in [-0.4, -0.2) is 6.15 Å². The van der Waals surface area contributed by atoms with E-state index in [-0.39, 0.29) is 0 Å². The number of terminal acetylenes is 4. The summed E-state index contributed by atoms with van der Waals surface area (Å²) in [5, 5.41) is 0. The molecule has 0 nitrogen and oxygen atoms in total. The van der Waals surface area contributed by atoms with E-state index in [0.717, 1.165) is 0 Å². The summed E-state index contributed by atoms with van der Waals surface area (Å²) in [6.07, 6.45) is 18.0. The summed E-state index contributed by atoms with van der Waals surface area (Å²) in [4.78, 5) is 0. The normalized spacial score (nSPS) is 5.28. The molecule has 0 spiro atoms. The summed E-state index contributed by atoms with van der Waals surface area (Å²) in [6.45, 7) is 0. The molecule has 0 heterocycles. The summed E-state index contributed by atoms with van der Waals surface area (Å²) in [5.41, 5.74) is 0. The molecule has 104 valence electrons. The van der Waals surface area contributed by atoms with Gasteiger partial charge in [-0.25, -0.2) is 0 Å². The van der Waals surface area contributed by atoms with Crippen molar-refractivity contribution in [1.29, 1.82) is 0 Å². The Morgan fingerprint density at radius 2 is 0.560 bits per heavy atom. The molecule has 0 aromatic rings. The molecule has 0 N–H and O–H groups in total. The van der Waals surface area contributed by atoms with Crippen LogP contribution in [0.3, 0.4) is 0 Å². The van der Waals surface area contributed by atoms with Gasteiger partial charge in [-0.3, -0.25) is 23.3 Å². The Labute approximate surface area is 150 Å². The summed E-state index contributed by atoms with van der Waals surface area (Å²) in [6, 6.07) is 0. The molecule has 0 saturated carbocycles. The summed E-state index contributed by atoms with van der Waals surface area (Å²) >= 11 is 0. The molecule has 25 heavy (non-hydrogen) atoms. The minimum atomic E-state index is -2.19. The zero-order valence-corrected chi connectivity index (χ0v) is 12.9. The van der Waals surface area contributed by atoms with Crippen LogP contribution in [0.1, 0.15) is 0 Å². The molecule has 0 unspecified atom stereocenters. The van der Waals surface area contributed by atoms with E-state index < -0.39 is 6.15 Å². The Kier molecular flexibility index (Phi) is 10.9. The second-order valence-electron chi connectivity index (χ2n) is 3.52. The van der Waals surface area contributed by atoms with Crippen molar-refractivity contribution >= 4 is 6.15 Å². The van der Waals surface area contributed by atoms with E-state index in [4.69, 9.17) is 25.7 Å². The van der Waals surface area contributed by atoms with E-state index in [1.807, 2.05) is 0 Å². The van der Waals surface area contributed by atoms with Gasteiger partial charge in [0.1, 0.15) is 0 Å². The van der Waals surface area contributed by atoms with Crippen LogP contribution in [0.4, 0.5) is 0 Å². The van der Waals surface area contributed by atoms with Gasteiger partial charge in [-0.2, -0.15) is 0 Å². The van der Waals surface area contributed by atoms with Gasteiger partial charge in [-0.15, -0.1) is 25.7 Å².